The Morgan fingerprint density at radius 3 is 2.64 bits per heavy atom. The SMILES string of the molecule is C=CC(=O)c1ccc(C)c2c1ccn2S(=O)(=O)C1(C)C=C(C)C=CC1. The first-order valence-corrected chi connectivity index (χ1v) is 9.54. The highest BCUT2D eigenvalue weighted by Gasteiger charge is 2.39. The van der Waals surface area contributed by atoms with Gasteiger partial charge < -0.3 is 0 Å². The van der Waals surface area contributed by atoms with Gasteiger partial charge in [0.05, 0.1) is 5.52 Å². The molecule has 3 rings (SSSR count). The third-order valence-electron chi connectivity index (χ3n) is 4.75. The van der Waals surface area contributed by atoms with E-state index in [4.69, 9.17) is 0 Å². The molecule has 4 nitrogen and oxygen atoms in total. The van der Waals surface area contributed by atoms with Crippen molar-refractivity contribution in [3.63, 3.8) is 0 Å². The highest BCUT2D eigenvalue weighted by atomic mass is 32.2. The van der Waals surface area contributed by atoms with Gasteiger partial charge in [-0.25, -0.2) is 12.4 Å². The molecule has 0 saturated carbocycles. The molecule has 5 heteroatoms. The van der Waals surface area contributed by atoms with Gasteiger partial charge in [-0.2, -0.15) is 0 Å². The summed E-state index contributed by atoms with van der Waals surface area (Å²) in [6.07, 6.45) is 8.81. The third kappa shape index (κ3) is 2.59. The fraction of sp³-hybridized carbons (Fsp3) is 0.250. The van der Waals surface area contributed by atoms with Gasteiger partial charge in [-0.15, -0.1) is 0 Å². The zero-order chi connectivity index (χ0) is 18.4. The van der Waals surface area contributed by atoms with Crippen LogP contribution in [-0.2, 0) is 10.0 Å². The molecule has 1 atom stereocenters. The first-order chi connectivity index (χ1) is 11.7. The van der Waals surface area contributed by atoms with E-state index in [0.717, 1.165) is 11.1 Å². The van der Waals surface area contributed by atoms with Gasteiger partial charge in [0.2, 0.25) is 10.0 Å². The van der Waals surface area contributed by atoms with Crippen LogP contribution >= 0.6 is 0 Å². The summed E-state index contributed by atoms with van der Waals surface area (Å²) in [5, 5.41) is 0.629. The molecule has 1 aliphatic carbocycles. The summed E-state index contributed by atoms with van der Waals surface area (Å²) < 4.78 is 27.1. The molecule has 0 aliphatic heterocycles. The van der Waals surface area contributed by atoms with Gasteiger partial charge in [0.25, 0.3) is 0 Å². The van der Waals surface area contributed by atoms with Gasteiger partial charge in [-0.3, -0.25) is 4.79 Å². The second kappa shape index (κ2) is 5.85. The molecule has 0 N–H and O–H groups in total. The molecular weight excluding hydrogens is 334 g/mol. The molecule has 0 amide bonds. The molecule has 130 valence electrons. The number of carbonyl (C=O) groups excluding carboxylic acids is 1. The molecular formula is C20H21NO3S. The Hall–Kier alpha value is -2.40. The lowest BCUT2D eigenvalue weighted by atomic mass is 9.98. The van der Waals surface area contributed by atoms with Gasteiger partial charge in [0.1, 0.15) is 4.75 Å². The lowest BCUT2D eigenvalue weighted by molar-refractivity contribution is 0.104. The number of rotatable bonds is 4. The van der Waals surface area contributed by atoms with Crippen molar-refractivity contribution < 1.29 is 13.2 Å². The highest BCUT2D eigenvalue weighted by Crippen LogP contribution is 2.34. The molecule has 0 radical (unpaired) electrons. The number of hydrogen-bond acceptors (Lipinski definition) is 3. The van der Waals surface area contributed by atoms with E-state index in [-0.39, 0.29) is 5.78 Å². The summed E-state index contributed by atoms with van der Waals surface area (Å²) in [4.78, 5) is 12.1. The number of fused-ring (bicyclic) bond motifs is 1. The van der Waals surface area contributed by atoms with Crippen molar-refractivity contribution in [2.75, 3.05) is 0 Å². The number of allylic oxidation sites excluding steroid dienone is 4. The van der Waals surface area contributed by atoms with E-state index >= 15 is 0 Å². The molecule has 0 fully saturated rings. The van der Waals surface area contributed by atoms with Gasteiger partial charge in [-0.05, 0) is 44.9 Å². The quantitative estimate of drug-likeness (QED) is 0.611. The Balaban J connectivity index is 2.28. The Bertz CT molecular complexity index is 1050. The summed E-state index contributed by atoms with van der Waals surface area (Å²) in [5.74, 6) is -0.220. The second-order valence-corrected chi connectivity index (χ2v) is 8.96. The van der Waals surface area contributed by atoms with Crippen molar-refractivity contribution in [3.8, 4) is 0 Å². The predicted octanol–water partition coefficient (Wildman–Crippen LogP) is 4.16. The summed E-state index contributed by atoms with van der Waals surface area (Å²) in [7, 11) is -3.70. The molecule has 1 aromatic heterocycles. The fourth-order valence-corrected chi connectivity index (χ4v) is 5.19. The van der Waals surface area contributed by atoms with E-state index in [1.807, 2.05) is 26.0 Å². The van der Waals surface area contributed by atoms with Crippen molar-refractivity contribution >= 4 is 26.7 Å². The molecule has 1 aliphatic rings. The summed E-state index contributed by atoms with van der Waals surface area (Å²) >= 11 is 0. The zero-order valence-corrected chi connectivity index (χ0v) is 15.4. The maximum Gasteiger partial charge on any atom is 0.248 e. The van der Waals surface area contributed by atoms with Gasteiger partial charge >= 0.3 is 0 Å². The Kier molecular flexibility index (Phi) is 4.07. The summed E-state index contributed by atoms with van der Waals surface area (Å²) in [5.41, 5.74) is 2.74. The maximum absolute atomic E-state index is 13.4. The minimum Gasteiger partial charge on any atom is -0.289 e. The van der Waals surface area contributed by atoms with Crippen LogP contribution in [0.5, 0.6) is 0 Å². The number of ketones is 1. The van der Waals surface area contributed by atoms with Crippen molar-refractivity contribution in [3.05, 3.63) is 72.0 Å². The van der Waals surface area contributed by atoms with Crippen LogP contribution < -0.4 is 0 Å². The lowest BCUT2D eigenvalue weighted by Gasteiger charge is -2.28. The smallest absolute Gasteiger partial charge is 0.248 e. The average Bonchev–Trinajstić information content (AvgIpc) is 3.00. The molecule has 2 aromatic rings. The van der Waals surface area contributed by atoms with E-state index in [9.17, 15) is 13.2 Å². The number of carbonyl (C=O) groups is 1. The molecule has 0 spiro atoms. The second-order valence-electron chi connectivity index (χ2n) is 6.68. The van der Waals surface area contributed by atoms with Crippen LogP contribution in [0, 0.1) is 6.92 Å². The molecule has 1 unspecified atom stereocenters. The predicted molar refractivity (Wildman–Crippen MR) is 101 cm³/mol. The van der Waals surface area contributed by atoms with Crippen LogP contribution in [0.1, 0.15) is 36.2 Å². The Morgan fingerprint density at radius 2 is 2.00 bits per heavy atom. The van der Waals surface area contributed by atoms with E-state index in [1.165, 1.54) is 10.0 Å². The minimum atomic E-state index is -3.70. The lowest BCUT2D eigenvalue weighted by Crippen LogP contribution is -2.38. The van der Waals surface area contributed by atoms with Gasteiger partial charge in [0.15, 0.2) is 5.78 Å². The van der Waals surface area contributed by atoms with E-state index < -0.39 is 14.8 Å². The first-order valence-electron chi connectivity index (χ1n) is 8.10. The Labute approximate surface area is 148 Å². The third-order valence-corrected chi connectivity index (χ3v) is 7.04. The van der Waals surface area contributed by atoms with Crippen LogP contribution in [0.25, 0.3) is 10.9 Å². The van der Waals surface area contributed by atoms with Crippen LogP contribution in [0.15, 0.2) is 60.9 Å². The highest BCUT2D eigenvalue weighted by molar-refractivity contribution is 7.91. The average molecular weight is 355 g/mol. The van der Waals surface area contributed by atoms with Crippen LogP contribution in [0.4, 0.5) is 0 Å². The zero-order valence-electron chi connectivity index (χ0n) is 14.6. The normalized spacial score (nSPS) is 20.5. The summed E-state index contributed by atoms with van der Waals surface area (Å²) in [6, 6.07) is 5.18. The number of nitrogens with zero attached hydrogens (tertiary/aromatic N) is 1. The van der Waals surface area contributed by atoms with Crippen molar-refractivity contribution in [2.24, 2.45) is 0 Å². The molecule has 0 bridgehead atoms. The molecule has 25 heavy (non-hydrogen) atoms. The number of aromatic nitrogens is 1. The molecule has 0 saturated heterocycles. The van der Waals surface area contributed by atoms with Gasteiger partial charge in [-0.1, -0.05) is 42.5 Å². The molecule has 1 heterocycles. The fourth-order valence-electron chi connectivity index (χ4n) is 3.39. The van der Waals surface area contributed by atoms with Crippen LogP contribution in [0.2, 0.25) is 0 Å². The van der Waals surface area contributed by atoms with Crippen LogP contribution in [0.3, 0.4) is 0 Å². The largest absolute Gasteiger partial charge is 0.289 e. The van der Waals surface area contributed by atoms with E-state index in [1.54, 1.807) is 37.4 Å². The number of hydrogen-bond donors (Lipinski definition) is 0. The maximum atomic E-state index is 13.4. The van der Waals surface area contributed by atoms with Gasteiger partial charge in [0, 0.05) is 17.1 Å². The summed E-state index contributed by atoms with van der Waals surface area (Å²) in [6.45, 7) is 9.00. The first kappa shape index (κ1) is 17.4. The minimum absolute atomic E-state index is 0.220. The monoisotopic (exact) mass is 355 g/mol. The van der Waals surface area contributed by atoms with Crippen LogP contribution in [-0.4, -0.2) is 22.9 Å². The van der Waals surface area contributed by atoms with Crippen molar-refractivity contribution in [1.29, 1.82) is 0 Å². The van der Waals surface area contributed by atoms with E-state index in [0.29, 0.717) is 22.9 Å². The number of benzene rings is 1. The van der Waals surface area contributed by atoms with E-state index in [2.05, 4.69) is 6.58 Å². The Morgan fingerprint density at radius 1 is 1.28 bits per heavy atom. The number of aryl methyl sites for hydroxylation is 1. The standard InChI is InChI=1S/C20H21NO3S/c1-5-18(22)16-9-8-15(3)19-17(16)10-12-21(19)25(23,24)20(4)11-6-7-14(2)13-20/h5-10,12-13H,1,11H2,2-4H3. The van der Waals surface area contributed by atoms with Crippen molar-refractivity contribution in [1.82, 2.24) is 3.97 Å². The van der Waals surface area contributed by atoms with Crippen molar-refractivity contribution in [2.45, 2.75) is 31.9 Å². The topological polar surface area (TPSA) is 56.1 Å². The molecule has 1 aromatic carbocycles.